The van der Waals surface area contributed by atoms with Gasteiger partial charge in [-0.1, -0.05) is 49.7 Å². The number of nitrogens with one attached hydrogen (secondary N) is 1. The third-order valence-corrected chi connectivity index (χ3v) is 5.85. The van der Waals surface area contributed by atoms with Crippen LogP contribution in [0.15, 0.2) is 73.2 Å². The molecule has 2 amide bonds. The lowest BCUT2D eigenvalue weighted by Crippen LogP contribution is -2.39. The van der Waals surface area contributed by atoms with Crippen molar-refractivity contribution in [2.24, 2.45) is 5.92 Å². The lowest BCUT2D eigenvalue weighted by molar-refractivity contribution is 0.184. The Labute approximate surface area is 197 Å². The van der Waals surface area contributed by atoms with Gasteiger partial charge in [0, 0.05) is 41.8 Å². The summed E-state index contributed by atoms with van der Waals surface area (Å²) >= 11 is 5.89. The summed E-state index contributed by atoms with van der Waals surface area (Å²) in [5.74, 6) is 0.558. The van der Waals surface area contributed by atoms with Crippen LogP contribution in [0.25, 0.3) is 16.6 Å². The minimum Gasteiger partial charge on any atom is -0.317 e. The van der Waals surface area contributed by atoms with Crippen LogP contribution < -0.4 is 5.32 Å². The van der Waals surface area contributed by atoms with Crippen molar-refractivity contribution in [3.05, 3.63) is 89.6 Å². The number of halogens is 2. The van der Waals surface area contributed by atoms with E-state index in [1.54, 1.807) is 4.90 Å². The molecule has 33 heavy (non-hydrogen) atoms. The fourth-order valence-electron chi connectivity index (χ4n) is 3.96. The van der Waals surface area contributed by atoms with Crippen molar-refractivity contribution in [2.75, 3.05) is 11.9 Å². The quantitative estimate of drug-likeness (QED) is 0.331. The number of anilines is 1. The number of nitrogens with zero attached hydrogens (tertiary/aromatic N) is 3. The predicted molar refractivity (Wildman–Crippen MR) is 131 cm³/mol. The molecule has 0 saturated heterocycles. The first-order valence-electron chi connectivity index (χ1n) is 10.9. The molecule has 1 unspecified atom stereocenters. The maximum Gasteiger partial charge on any atom is 0.322 e. The van der Waals surface area contributed by atoms with E-state index in [2.05, 4.69) is 25.2 Å². The number of hydrogen-bond donors (Lipinski definition) is 1. The molecule has 0 aliphatic heterocycles. The third kappa shape index (κ3) is 4.86. The van der Waals surface area contributed by atoms with Gasteiger partial charge in [-0.15, -0.1) is 0 Å². The SMILES string of the molecule is CC(C)CN(C(=O)Nc1ccc(F)c(Cl)c1)C(C)c1cnc(-n2cccc2)c2ccccc12. The maximum absolute atomic E-state index is 13.5. The van der Waals surface area contributed by atoms with Crippen molar-refractivity contribution < 1.29 is 9.18 Å². The maximum atomic E-state index is 13.5. The van der Waals surface area contributed by atoms with Gasteiger partial charge in [0.2, 0.25) is 0 Å². The third-order valence-electron chi connectivity index (χ3n) is 5.57. The number of fused-ring (bicyclic) bond motifs is 1. The molecule has 0 aliphatic rings. The van der Waals surface area contributed by atoms with Crippen LogP contribution >= 0.6 is 11.6 Å². The van der Waals surface area contributed by atoms with Gasteiger partial charge in [0.15, 0.2) is 0 Å². The molecule has 2 aromatic carbocycles. The Kier molecular flexibility index (Phi) is 6.65. The largest absolute Gasteiger partial charge is 0.322 e. The number of amides is 2. The Bertz CT molecular complexity index is 1270. The van der Waals surface area contributed by atoms with E-state index in [0.717, 1.165) is 22.2 Å². The zero-order valence-corrected chi connectivity index (χ0v) is 19.6. The van der Waals surface area contributed by atoms with Gasteiger partial charge in [-0.25, -0.2) is 14.2 Å². The number of aromatic nitrogens is 2. The van der Waals surface area contributed by atoms with Gasteiger partial charge in [0.05, 0.1) is 11.1 Å². The first-order chi connectivity index (χ1) is 15.8. The van der Waals surface area contributed by atoms with Gasteiger partial charge in [0.25, 0.3) is 0 Å². The first-order valence-corrected chi connectivity index (χ1v) is 11.3. The molecule has 0 bridgehead atoms. The van der Waals surface area contributed by atoms with E-state index in [9.17, 15) is 9.18 Å². The monoisotopic (exact) mass is 464 g/mol. The van der Waals surface area contributed by atoms with Crippen molar-refractivity contribution >= 4 is 34.1 Å². The number of benzene rings is 2. The summed E-state index contributed by atoms with van der Waals surface area (Å²) in [6.45, 7) is 6.66. The van der Waals surface area contributed by atoms with Gasteiger partial charge in [0.1, 0.15) is 11.6 Å². The Balaban J connectivity index is 1.71. The molecule has 4 aromatic rings. The highest BCUT2D eigenvalue weighted by Crippen LogP contribution is 2.31. The highest BCUT2D eigenvalue weighted by molar-refractivity contribution is 6.31. The van der Waals surface area contributed by atoms with Crippen LogP contribution in [0, 0.1) is 11.7 Å². The molecular weight excluding hydrogens is 439 g/mol. The summed E-state index contributed by atoms with van der Waals surface area (Å²) in [6.07, 6.45) is 5.77. The molecule has 0 saturated carbocycles. The number of carbonyl (C=O) groups is 1. The predicted octanol–water partition coefficient (Wildman–Crippen LogP) is 7.07. The van der Waals surface area contributed by atoms with E-state index < -0.39 is 5.82 Å². The second-order valence-electron chi connectivity index (χ2n) is 8.45. The molecular formula is C26H26ClFN4O. The Morgan fingerprint density at radius 3 is 2.45 bits per heavy atom. The topological polar surface area (TPSA) is 50.2 Å². The summed E-state index contributed by atoms with van der Waals surface area (Å²) < 4.78 is 15.5. The van der Waals surface area contributed by atoms with Crippen molar-refractivity contribution in [3.8, 4) is 5.82 Å². The van der Waals surface area contributed by atoms with Crippen LogP contribution in [0.5, 0.6) is 0 Å². The van der Waals surface area contributed by atoms with Gasteiger partial charge in [-0.2, -0.15) is 0 Å². The van der Waals surface area contributed by atoms with Crippen LogP contribution in [0.3, 0.4) is 0 Å². The van der Waals surface area contributed by atoms with Crippen molar-refractivity contribution in [2.45, 2.75) is 26.8 Å². The zero-order chi connectivity index (χ0) is 23.5. The summed E-state index contributed by atoms with van der Waals surface area (Å²) in [6, 6.07) is 15.6. The average molecular weight is 465 g/mol. The molecule has 0 aliphatic carbocycles. The van der Waals surface area contributed by atoms with E-state index >= 15 is 0 Å². The van der Waals surface area contributed by atoms with Crippen LogP contribution in [0.2, 0.25) is 5.02 Å². The number of carbonyl (C=O) groups excluding carboxylic acids is 1. The Morgan fingerprint density at radius 1 is 1.09 bits per heavy atom. The lowest BCUT2D eigenvalue weighted by atomic mass is 10.00. The van der Waals surface area contributed by atoms with E-state index in [4.69, 9.17) is 16.6 Å². The summed E-state index contributed by atoms with van der Waals surface area (Å²) in [4.78, 5) is 19.8. The van der Waals surface area contributed by atoms with E-state index in [1.807, 2.05) is 60.4 Å². The molecule has 2 aromatic heterocycles. The van der Waals surface area contributed by atoms with E-state index in [0.29, 0.717) is 12.2 Å². The average Bonchev–Trinajstić information content (AvgIpc) is 3.33. The molecule has 0 fully saturated rings. The zero-order valence-electron chi connectivity index (χ0n) is 18.8. The highest BCUT2D eigenvalue weighted by Gasteiger charge is 2.25. The van der Waals surface area contributed by atoms with Crippen molar-refractivity contribution in [1.82, 2.24) is 14.5 Å². The number of pyridine rings is 1. The van der Waals surface area contributed by atoms with Gasteiger partial charge >= 0.3 is 6.03 Å². The second-order valence-corrected chi connectivity index (χ2v) is 8.86. The molecule has 1 atom stereocenters. The molecule has 0 radical (unpaired) electrons. The minimum absolute atomic E-state index is 0.0351. The molecule has 170 valence electrons. The fourth-order valence-corrected chi connectivity index (χ4v) is 4.14. The molecule has 0 spiro atoms. The number of urea groups is 1. The lowest BCUT2D eigenvalue weighted by Gasteiger charge is -2.32. The van der Waals surface area contributed by atoms with Crippen LogP contribution in [0.1, 0.15) is 32.4 Å². The van der Waals surface area contributed by atoms with Crippen LogP contribution in [0.4, 0.5) is 14.9 Å². The van der Waals surface area contributed by atoms with Gasteiger partial charge in [-0.3, -0.25) is 0 Å². The minimum atomic E-state index is -0.526. The molecule has 7 heteroatoms. The smallest absolute Gasteiger partial charge is 0.317 e. The van der Waals surface area contributed by atoms with Gasteiger partial charge in [-0.05, 0) is 48.6 Å². The van der Waals surface area contributed by atoms with Crippen molar-refractivity contribution in [1.29, 1.82) is 0 Å². The van der Waals surface area contributed by atoms with E-state index in [-0.39, 0.29) is 23.0 Å². The fraction of sp³-hybridized carbons (Fsp3) is 0.231. The van der Waals surface area contributed by atoms with Crippen LogP contribution in [-0.2, 0) is 0 Å². The second kappa shape index (κ2) is 9.63. The molecule has 2 heterocycles. The molecule has 1 N–H and O–H groups in total. The van der Waals surface area contributed by atoms with E-state index in [1.165, 1.54) is 18.2 Å². The highest BCUT2D eigenvalue weighted by atomic mass is 35.5. The standard InChI is InChI=1S/C26H26ClFN4O/c1-17(2)16-32(26(33)30-19-10-11-24(28)23(27)14-19)18(3)22-15-29-25(31-12-6-7-13-31)21-9-5-4-8-20(21)22/h4-15,17-18H,16H2,1-3H3,(H,30,33). The first kappa shape index (κ1) is 22.8. The normalized spacial score (nSPS) is 12.2. The number of rotatable bonds is 6. The summed E-state index contributed by atoms with van der Waals surface area (Å²) in [7, 11) is 0. The van der Waals surface area contributed by atoms with Gasteiger partial charge < -0.3 is 14.8 Å². The Hall–Kier alpha value is -3.38. The summed E-state index contributed by atoms with van der Waals surface area (Å²) in [5, 5.41) is 4.87. The Morgan fingerprint density at radius 2 is 1.79 bits per heavy atom. The van der Waals surface area contributed by atoms with Crippen molar-refractivity contribution in [3.63, 3.8) is 0 Å². The summed E-state index contributed by atoms with van der Waals surface area (Å²) in [5.41, 5.74) is 1.40. The van der Waals surface area contributed by atoms with Crippen LogP contribution in [-0.4, -0.2) is 27.0 Å². The number of hydrogen-bond acceptors (Lipinski definition) is 2. The molecule has 5 nitrogen and oxygen atoms in total. The molecule has 4 rings (SSSR count).